The molecule has 0 radical (unpaired) electrons. The van der Waals surface area contributed by atoms with Crippen LogP contribution in [0, 0.1) is 5.82 Å². The van der Waals surface area contributed by atoms with Gasteiger partial charge in [0, 0.05) is 32.7 Å². The predicted octanol–water partition coefficient (Wildman–Crippen LogP) is 2.25. The molecule has 0 bridgehead atoms. The van der Waals surface area contributed by atoms with E-state index in [-0.39, 0.29) is 11.7 Å². The lowest BCUT2D eigenvalue weighted by molar-refractivity contribution is -0.132. The van der Waals surface area contributed by atoms with Gasteiger partial charge in [0.05, 0.1) is 12.5 Å². The molecular formula is C20H23FN2O2. The van der Waals surface area contributed by atoms with Gasteiger partial charge in [-0.2, -0.15) is 0 Å². The van der Waals surface area contributed by atoms with Gasteiger partial charge in [0.15, 0.2) is 0 Å². The van der Waals surface area contributed by atoms with E-state index in [9.17, 15) is 14.3 Å². The number of amides is 1. The Balaban J connectivity index is 1.46. The normalized spacial score (nSPS) is 16.6. The maximum absolute atomic E-state index is 13.0. The number of nitrogens with zero attached hydrogens (tertiary/aromatic N) is 2. The lowest BCUT2D eigenvalue weighted by Gasteiger charge is -2.35. The first-order chi connectivity index (χ1) is 12.1. The van der Waals surface area contributed by atoms with Crippen molar-refractivity contribution < 1.29 is 14.3 Å². The molecule has 0 unspecified atom stereocenters. The Morgan fingerprint density at radius 1 is 1.00 bits per heavy atom. The van der Waals surface area contributed by atoms with E-state index in [1.165, 1.54) is 12.1 Å². The van der Waals surface area contributed by atoms with E-state index in [4.69, 9.17) is 0 Å². The quantitative estimate of drug-likeness (QED) is 0.906. The third-order valence-electron chi connectivity index (χ3n) is 4.61. The molecule has 3 rings (SSSR count). The van der Waals surface area contributed by atoms with Crippen molar-refractivity contribution >= 4 is 5.91 Å². The van der Waals surface area contributed by atoms with Gasteiger partial charge in [0.2, 0.25) is 5.91 Å². The Labute approximate surface area is 147 Å². The molecule has 0 saturated carbocycles. The molecule has 1 N–H and O–H groups in total. The van der Waals surface area contributed by atoms with Crippen LogP contribution in [0.15, 0.2) is 54.6 Å². The van der Waals surface area contributed by atoms with Crippen molar-refractivity contribution in [3.8, 4) is 0 Å². The molecule has 1 aliphatic rings. The molecule has 0 aromatic heterocycles. The van der Waals surface area contributed by atoms with E-state index in [0.29, 0.717) is 31.6 Å². The van der Waals surface area contributed by atoms with E-state index in [1.54, 1.807) is 12.1 Å². The first kappa shape index (κ1) is 17.6. The minimum absolute atomic E-state index is 0.143. The molecule has 1 aliphatic heterocycles. The number of benzene rings is 2. The SMILES string of the molecule is O=C(Cc1ccccc1)N1CCN(C[C@H](O)c2ccc(F)cc2)CC1. The maximum Gasteiger partial charge on any atom is 0.227 e. The molecule has 4 nitrogen and oxygen atoms in total. The summed E-state index contributed by atoms with van der Waals surface area (Å²) in [4.78, 5) is 16.4. The topological polar surface area (TPSA) is 43.8 Å². The molecule has 0 spiro atoms. The van der Waals surface area contributed by atoms with Crippen LogP contribution in [0.1, 0.15) is 17.2 Å². The number of hydrogen-bond donors (Lipinski definition) is 1. The average Bonchev–Trinajstić information content (AvgIpc) is 2.63. The summed E-state index contributed by atoms with van der Waals surface area (Å²) in [6.07, 6.45) is -0.217. The first-order valence-electron chi connectivity index (χ1n) is 8.59. The number of aliphatic hydroxyl groups excluding tert-OH is 1. The Kier molecular flexibility index (Phi) is 5.79. The van der Waals surface area contributed by atoms with Crippen molar-refractivity contribution in [2.75, 3.05) is 32.7 Å². The summed E-state index contributed by atoms with van der Waals surface area (Å²) in [5.41, 5.74) is 1.74. The van der Waals surface area contributed by atoms with Gasteiger partial charge in [-0.3, -0.25) is 9.69 Å². The molecule has 25 heavy (non-hydrogen) atoms. The summed E-state index contributed by atoms with van der Waals surface area (Å²) >= 11 is 0. The van der Waals surface area contributed by atoms with Gasteiger partial charge in [-0.25, -0.2) is 4.39 Å². The van der Waals surface area contributed by atoms with Gasteiger partial charge in [-0.05, 0) is 23.3 Å². The Morgan fingerprint density at radius 3 is 2.28 bits per heavy atom. The summed E-state index contributed by atoms with van der Waals surface area (Å²) in [5.74, 6) is -0.161. The molecule has 1 heterocycles. The highest BCUT2D eigenvalue weighted by Crippen LogP contribution is 2.16. The summed E-state index contributed by atoms with van der Waals surface area (Å²) < 4.78 is 13.0. The van der Waals surface area contributed by atoms with E-state index in [1.807, 2.05) is 35.2 Å². The number of piperazine rings is 1. The third-order valence-corrected chi connectivity index (χ3v) is 4.61. The van der Waals surface area contributed by atoms with Crippen molar-refractivity contribution in [1.29, 1.82) is 0 Å². The first-order valence-corrected chi connectivity index (χ1v) is 8.59. The van der Waals surface area contributed by atoms with Gasteiger partial charge in [-0.15, -0.1) is 0 Å². The number of hydrogen-bond acceptors (Lipinski definition) is 3. The molecule has 1 atom stereocenters. The maximum atomic E-state index is 13.0. The summed E-state index contributed by atoms with van der Waals surface area (Å²) in [7, 11) is 0. The second-order valence-corrected chi connectivity index (χ2v) is 6.41. The van der Waals surface area contributed by atoms with Crippen molar-refractivity contribution in [2.24, 2.45) is 0 Å². The van der Waals surface area contributed by atoms with Crippen LogP contribution in [0.5, 0.6) is 0 Å². The summed E-state index contributed by atoms with van der Waals surface area (Å²) in [5, 5.41) is 10.3. The fraction of sp³-hybridized carbons (Fsp3) is 0.350. The fourth-order valence-electron chi connectivity index (χ4n) is 3.10. The lowest BCUT2D eigenvalue weighted by atomic mass is 10.1. The third kappa shape index (κ3) is 4.87. The number of carbonyl (C=O) groups excluding carboxylic acids is 1. The fourth-order valence-corrected chi connectivity index (χ4v) is 3.10. The highest BCUT2D eigenvalue weighted by Gasteiger charge is 2.23. The molecular weight excluding hydrogens is 319 g/mol. The van der Waals surface area contributed by atoms with Crippen LogP contribution in [0.4, 0.5) is 4.39 Å². The van der Waals surface area contributed by atoms with Crippen LogP contribution in [0.2, 0.25) is 0 Å². The molecule has 1 fully saturated rings. The van der Waals surface area contributed by atoms with E-state index < -0.39 is 6.10 Å². The zero-order valence-electron chi connectivity index (χ0n) is 14.1. The highest BCUT2D eigenvalue weighted by atomic mass is 19.1. The molecule has 0 aliphatic carbocycles. The van der Waals surface area contributed by atoms with Gasteiger partial charge in [-0.1, -0.05) is 42.5 Å². The molecule has 2 aromatic carbocycles. The summed E-state index contributed by atoms with van der Waals surface area (Å²) in [6, 6.07) is 15.7. The van der Waals surface area contributed by atoms with Crippen LogP contribution >= 0.6 is 0 Å². The van der Waals surface area contributed by atoms with Crippen molar-refractivity contribution in [3.05, 3.63) is 71.5 Å². The van der Waals surface area contributed by atoms with E-state index in [0.717, 1.165) is 18.7 Å². The van der Waals surface area contributed by atoms with Gasteiger partial charge >= 0.3 is 0 Å². The van der Waals surface area contributed by atoms with Crippen LogP contribution < -0.4 is 0 Å². The minimum atomic E-state index is -0.646. The number of rotatable bonds is 5. The van der Waals surface area contributed by atoms with E-state index in [2.05, 4.69) is 4.90 Å². The van der Waals surface area contributed by atoms with Crippen LogP contribution in [0.3, 0.4) is 0 Å². The van der Waals surface area contributed by atoms with Crippen LogP contribution in [-0.2, 0) is 11.2 Å². The smallest absolute Gasteiger partial charge is 0.227 e. The summed E-state index contributed by atoms with van der Waals surface area (Å²) in [6.45, 7) is 3.30. The number of carbonyl (C=O) groups is 1. The van der Waals surface area contributed by atoms with Gasteiger partial charge < -0.3 is 10.0 Å². The average molecular weight is 342 g/mol. The minimum Gasteiger partial charge on any atom is -0.387 e. The number of aliphatic hydroxyl groups is 1. The molecule has 2 aromatic rings. The van der Waals surface area contributed by atoms with E-state index >= 15 is 0 Å². The number of β-amino-alcohol motifs (C(OH)–C–C–N with tert-alkyl or cyclic N) is 1. The van der Waals surface area contributed by atoms with Gasteiger partial charge in [0.25, 0.3) is 0 Å². The predicted molar refractivity (Wildman–Crippen MR) is 94.5 cm³/mol. The lowest BCUT2D eigenvalue weighted by Crippen LogP contribution is -2.50. The molecule has 1 saturated heterocycles. The number of halogens is 1. The standard InChI is InChI=1S/C20H23FN2O2/c21-18-8-6-17(7-9-18)19(24)15-22-10-12-23(13-11-22)20(25)14-16-4-2-1-3-5-16/h1-9,19,24H,10-15H2/t19-/m0/s1. The monoisotopic (exact) mass is 342 g/mol. The Bertz CT molecular complexity index is 683. The second-order valence-electron chi connectivity index (χ2n) is 6.41. The largest absolute Gasteiger partial charge is 0.387 e. The molecule has 1 amide bonds. The van der Waals surface area contributed by atoms with Gasteiger partial charge in [0.1, 0.15) is 5.82 Å². The molecule has 132 valence electrons. The Morgan fingerprint density at radius 2 is 1.64 bits per heavy atom. The van der Waals surface area contributed by atoms with Crippen LogP contribution in [0.25, 0.3) is 0 Å². The molecule has 5 heteroatoms. The van der Waals surface area contributed by atoms with Crippen molar-refractivity contribution in [3.63, 3.8) is 0 Å². The zero-order chi connectivity index (χ0) is 17.6. The van der Waals surface area contributed by atoms with Crippen molar-refractivity contribution in [2.45, 2.75) is 12.5 Å². The highest BCUT2D eigenvalue weighted by molar-refractivity contribution is 5.78. The van der Waals surface area contributed by atoms with Crippen LogP contribution in [-0.4, -0.2) is 53.5 Å². The zero-order valence-corrected chi connectivity index (χ0v) is 14.1. The van der Waals surface area contributed by atoms with Crippen molar-refractivity contribution in [1.82, 2.24) is 9.80 Å². The second kappa shape index (κ2) is 8.23. The Hall–Kier alpha value is -2.24.